The van der Waals surface area contributed by atoms with Crippen LogP contribution in [0.3, 0.4) is 0 Å². The predicted molar refractivity (Wildman–Crippen MR) is 80.0 cm³/mol. The number of hydrogen-bond acceptors (Lipinski definition) is 4. The van der Waals surface area contributed by atoms with Crippen molar-refractivity contribution in [3.8, 4) is 0 Å². The summed E-state index contributed by atoms with van der Waals surface area (Å²) in [7, 11) is 0. The fourth-order valence-corrected chi connectivity index (χ4v) is 3.89. The Morgan fingerprint density at radius 1 is 1.47 bits per heavy atom. The third-order valence-electron chi connectivity index (χ3n) is 3.91. The topological polar surface area (TPSA) is 54.0 Å². The summed E-state index contributed by atoms with van der Waals surface area (Å²) < 4.78 is 0. The minimum Gasteiger partial charge on any atom is -0.311 e. The minimum absolute atomic E-state index is 0. The highest BCUT2D eigenvalue weighted by molar-refractivity contribution is 7.13. The number of carbonyl (C=O) groups excluding carboxylic acids is 1. The number of halogens is 1. The van der Waals surface area contributed by atoms with E-state index in [-0.39, 0.29) is 18.3 Å². The normalized spacial score (nSPS) is 28.8. The molecular formula is C13H20ClN3OS. The molecule has 0 spiro atoms. The highest BCUT2D eigenvalue weighted by atomic mass is 35.5. The molecule has 0 aromatic carbocycles. The molecule has 2 aliphatic rings. The van der Waals surface area contributed by atoms with Gasteiger partial charge in [-0.25, -0.2) is 4.98 Å². The van der Waals surface area contributed by atoms with Crippen LogP contribution in [0.2, 0.25) is 0 Å². The lowest BCUT2D eigenvalue weighted by Gasteiger charge is -2.28. The van der Waals surface area contributed by atoms with Gasteiger partial charge in [-0.2, -0.15) is 0 Å². The maximum atomic E-state index is 12.0. The highest BCUT2D eigenvalue weighted by Gasteiger charge is 2.34. The first kappa shape index (κ1) is 14.8. The van der Waals surface area contributed by atoms with E-state index >= 15 is 0 Å². The van der Waals surface area contributed by atoms with Gasteiger partial charge in [-0.3, -0.25) is 4.79 Å². The SMILES string of the molecule is Cc1csc(NC(=O)CC2CC3CCC(C2)N3)n1.Cl. The van der Waals surface area contributed by atoms with E-state index in [0.717, 1.165) is 23.7 Å². The maximum Gasteiger partial charge on any atom is 0.226 e. The first-order valence-electron chi connectivity index (χ1n) is 6.67. The van der Waals surface area contributed by atoms with Crippen LogP contribution < -0.4 is 10.6 Å². The number of fused-ring (bicyclic) bond motifs is 2. The molecule has 3 heterocycles. The molecule has 106 valence electrons. The van der Waals surface area contributed by atoms with E-state index < -0.39 is 0 Å². The summed E-state index contributed by atoms with van der Waals surface area (Å²) in [6, 6.07) is 1.31. The average molecular weight is 302 g/mol. The summed E-state index contributed by atoms with van der Waals surface area (Å²) >= 11 is 1.50. The molecule has 2 N–H and O–H groups in total. The summed E-state index contributed by atoms with van der Waals surface area (Å²) in [5, 5.41) is 9.20. The molecular weight excluding hydrogens is 282 g/mol. The summed E-state index contributed by atoms with van der Waals surface area (Å²) in [5.74, 6) is 0.667. The van der Waals surface area contributed by atoms with Crippen LogP contribution in [0.1, 0.15) is 37.8 Å². The Morgan fingerprint density at radius 3 is 2.74 bits per heavy atom. The number of nitrogens with zero attached hydrogens (tertiary/aromatic N) is 1. The van der Waals surface area contributed by atoms with Crippen LogP contribution in [-0.4, -0.2) is 23.0 Å². The van der Waals surface area contributed by atoms with Crippen LogP contribution in [0.4, 0.5) is 5.13 Å². The van der Waals surface area contributed by atoms with Crippen molar-refractivity contribution in [2.24, 2.45) is 5.92 Å². The molecule has 0 aliphatic carbocycles. The van der Waals surface area contributed by atoms with E-state index in [4.69, 9.17) is 0 Å². The largest absolute Gasteiger partial charge is 0.311 e. The minimum atomic E-state index is 0. The molecule has 1 aromatic heterocycles. The number of anilines is 1. The summed E-state index contributed by atoms with van der Waals surface area (Å²) in [6.07, 6.45) is 5.53. The Kier molecular flexibility index (Phi) is 4.81. The number of amides is 1. The third kappa shape index (κ3) is 3.68. The second-order valence-corrected chi connectivity index (χ2v) is 6.38. The van der Waals surface area contributed by atoms with Gasteiger partial charge in [0.1, 0.15) is 0 Å². The van der Waals surface area contributed by atoms with Gasteiger partial charge in [0.05, 0.1) is 5.69 Å². The van der Waals surface area contributed by atoms with Gasteiger partial charge in [-0.15, -0.1) is 23.7 Å². The molecule has 19 heavy (non-hydrogen) atoms. The standard InChI is InChI=1S/C13H19N3OS.ClH/c1-8-7-18-13(14-8)16-12(17)6-9-4-10-2-3-11(5-9)15-10;/h7,9-11,15H,2-6H2,1H3,(H,14,16,17);1H. The molecule has 1 aromatic rings. The van der Waals surface area contributed by atoms with Gasteiger partial charge in [0, 0.05) is 23.9 Å². The summed E-state index contributed by atoms with van der Waals surface area (Å²) in [5.41, 5.74) is 0.968. The van der Waals surface area contributed by atoms with Gasteiger partial charge >= 0.3 is 0 Å². The number of rotatable bonds is 3. The zero-order valence-electron chi connectivity index (χ0n) is 11.0. The molecule has 2 atom stereocenters. The number of hydrogen-bond donors (Lipinski definition) is 2. The van der Waals surface area contributed by atoms with Crippen molar-refractivity contribution in [2.75, 3.05) is 5.32 Å². The van der Waals surface area contributed by atoms with Gasteiger partial charge < -0.3 is 10.6 Å². The van der Waals surface area contributed by atoms with Crippen LogP contribution in [0.5, 0.6) is 0 Å². The van der Waals surface area contributed by atoms with Crippen molar-refractivity contribution in [2.45, 2.75) is 51.1 Å². The van der Waals surface area contributed by atoms with Gasteiger partial charge in [0.2, 0.25) is 5.91 Å². The molecule has 6 heteroatoms. The number of aromatic nitrogens is 1. The van der Waals surface area contributed by atoms with Crippen LogP contribution in [0.25, 0.3) is 0 Å². The van der Waals surface area contributed by atoms with Gasteiger partial charge in [0.25, 0.3) is 0 Å². The molecule has 0 saturated carbocycles. The van der Waals surface area contributed by atoms with E-state index in [9.17, 15) is 4.79 Å². The van der Waals surface area contributed by atoms with Crippen LogP contribution >= 0.6 is 23.7 Å². The quantitative estimate of drug-likeness (QED) is 0.902. The van der Waals surface area contributed by atoms with E-state index in [1.807, 2.05) is 12.3 Å². The first-order chi connectivity index (χ1) is 8.69. The zero-order chi connectivity index (χ0) is 12.5. The fraction of sp³-hybridized carbons (Fsp3) is 0.692. The van der Waals surface area contributed by atoms with Crippen molar-refractivity contribution in [1.82, 2.24) is 10.3 Å². The molecule has 2 unspecified atom stereocenters. The molecule has 2 aliphatic heterocycles. The molecule has 2 bridgehead atoms. The molecule has 2 saturated heterocycles. The average Bonchev–Trinajstić information content (AvgIpc) is 2.85. The fourth-order valence-electron chi connectivity index (χ4n) is 3.19. The van der Waals surface area contributed by atoms with Gasteiger partial charge in [-0.1, -0.05) is 0 Å². The Hall–Kier alpha value is -0.650. The smallest absolute Gasteiger partial charge is 0.226 e. The molecule has 0 radical (unpaired) electrons. The second kappa shape index (κ2) is 6.20. The van der Waals surface area contributed by atoms with Gasteiger partial charge in [0.15, 0.2) is 5.13 Å². The van der Waals surface area contributed by atoms with Crippen molar-refractivity contribution < 1.29 is 4.79 Å². The lowest BCUT2D eigenvalue weighted by molar-refractivity contribution is -0.117. The lowest BCUT2D eigenvalue weighted by atomic mass is 9.89. The third-order valence-corrected chi connectivity index (χ3v) is 4.79. The lowest BCUT2D eigenvalue weighted by Crippen LogP contribution is -2.39. The van der Waals surface area contributed by atoms with Crippen molar-refractivity contribution >= 4 is 34.8 Å². The number of carbonyl (C=O) groups is 1. The number of thiazole rings is 1. The molecule has 4 nitrogen and oxygen atoms in total. The summed E-state index contributed by atoms with van der Waals surface area (Å²) in [4.78, 5) is 16.2. The number of nitrogens with one attached hydrogen (secondary N) is 2. The Bertz CT molecular complexity index is 439. The number of piperidine rings is 1. The highest BCUT2D eigenvalue weighted by Crippen LogP contribution is 2.32. The Morgan fingerprint density at radius 2 is 2.16 bits per heavy atom. The maximum absolute atomic E-state index is 12.0. The van der Waals surface area contributed by atoms with E-state index in [1.54, 1.807) is 0 Å². The molecule has 2 fully saturated rings. The van der Waals surface area contributed by atoms with E-state index in [2.05, 4.69) is 15.6 Å². The van der Waals surface area contributed by atoms with Gasteiger partial charge in [-0.05, 0) is 38.5 Å². The first-order valence-corrected chi connectivity index (χ1v) is 7.55. The zero-order valence-corrected chi connectivity index (χ0v) is 12.6. The van der Waals surface area contributed by atoms with Crippen molar-refractivity contribution in [3.63, 3.8) is 0 Å². The van der Waals surface area contributed by atoms with E-state index in [0.29, 0.717) is 24.4 Å². The Labute approximate surface area is 123 Å². The van der Waals surface area contributed by atoms with Crippen LogP contribution in [-0.2, 0) is 4.79 Å². The van der Waals surface area contributed by atoms with Crippen LogP contribution in [0, 0.1) is 12.8 Å². The number of aryl methyl sites for hydroxylation is 1. The summed E-state index contributed by atoms with van der Waals surface area (Å²) in [6.45, 7) is 1.94. The van der Waals surface area contributed by atoms with Crippen molar-refractivity contribution in [1.29, 1.82) is 0 Å². The van der Waals surface area contributed by atoms with Crippen LogP contribution in [0.15, 0.2) is 5.38 Å². The predicted octanol–water partition coefficient (Wildman–Crippen LogP) is 2.73. The van der Waals surface area contributed by atoms with Crippen molar-refractivity contribution in [3.05, 3.63) is 11.1 Å². The molecule has 1 amide bonds. The molecule has 3 rings (SSSR count). The monoisotopic (exact) mass is 301 g/mol. The van der Waals surface area contributed by atoms with E-state index in [1.165, 1.54) is 24.2 Å². The Balaban J connectivity index is 0.00000133. The second-order valence-electron chi connectivity index (χ2n) is 5.52.